The molecule has 0 aromatic rings. The number of carbonyl (C=O) groups is 4. The van der Waals surface area contributed by atoms with Gasteiger partial charge in [-0.2, -0.15) is 0 Å². The van der Waals surface area contributed by atoms with Gasteiger partial charge in [0.15, 0.2) is 0 Å². The quantitative estimate of drug-likeness (QED) is 0.379. The zero-order valence-corrected chi connectivity index (χ0v) is 20.1. The van der Waals surface area contributed by atoms with Gasteiger partial charge in [-0.15, -0.1) is 0 Å². The monoisotopic (exact) mass is 457 g/mol. The van der Waals surface area contributed by atoms with Gasteiger partial charge in [0.05, 0.1) is 26.2 Å². The number of hydrogen-bond acceptors (Lipinski definition) is 8. The molecule has 0 aromatic carbocycles. The van der Waals surface area contributed by atoms with Crippen LogP contribution in [0.3, 0.4) is 0 Å². The van der Waals surface area contributed by atoms with Gasteiger partial charge >= 0.3 is 0 Å². The highest BCUT2D eigenvalue weighted by Gasteiger charge is 2.17. The molecule has 0 aliphatic carbocycles. The van der Waals surface area contributed by atoms with Gasteiger partial charge in [0.2, 0.25) is 17.7 Å². The summed E-state index contributed by atoms with van der Waals surface area (Å²) >= 11 is 0. The topological polar surface area (TPSA) is 159 Å². The average Bonchev–Trinajstić information content (AvgIpc) is 2.68. The molecule has 6 N–H and O–H groups in total. The molecule has 0 spiro atoms. The highest BCUT2D eigenvalue weighted by Crippen LogP contribution is 2.03. The highest BCUT2D eigenvalue weighted by molar-refractivity contribution is 5.77. The number of hydrogen-bond donors (Lipinski definition) is 3. The van der Waals surface area contributed by atoms with Crippen LogP contribution in [0.5, 0.6) is 0 Å². The second-order valence-corrected chi connectivity index (χ2v) is 7.91. The summed E-state index contributed by atoms with van der Waals surface area (Å²) in [7, 11) is 0. The van der Waals surface area contributed by atoms with Crippen molar-refractivity contribution in [3.63, 3.8) is 0 Å². The first-order valence-electron chi connectivity index (χ1n) is 11.4. The molecule has 11 heteroatoms. The number of nitrogens with zero attached hydrogens (tertiary/aromatic N) is 4. The van der Waals surface area contributed by atoms with E-state index in [2.05, 4.69) is 4.90 Å². The molecule has 0 atom stereocenters. The zero-order valence-electron chi connectivity index (χ0n) is 20.1. The van der Waals surface area contributed by atoms with Crippen molar-refractivity contribution in [2.75, 3.05) is 78.5 Å². The van der Waals surface area contributed by atoms with E-state index in [4.69, 9.17) is 17.2 Å². The number of amides is 3. The molecule has 1 fully saturated rings. The van der Waals surface area contributed by atoms with E-state index in [1.165, 1.54) is 0 Å². The summed E-state index contributed by atoms with van der Waals surface area (Å²) < 4.78 is 0. The van der Waals surface area contributed by atoms with Crippen molar-refractivity contribution in [2.45, 2.75) is 33.6 Å². The van der Waals surface area contributed by atoms with Gasteiger partial charge in [-0.3, -0.25) is 38.8 Å². The summed E-state index contributed by atoms with van der Waals surface area (Å²) in [6.07, 6.45) is 1.48. The third-order valence-corrected chi connectivity index (χ3v) is 4.95. The second kappa shape index (κ2) is 17.5. The zero-order chi connectivity index (χ0) is 24.5. The van der Waals surface area contributed by atoms with Gasteiger partial charge in [-0.25, -0.2) is 0 Å². The summed E-state index contributed by atoms with van der Waals surface area (Å²) in [5.41, 5.74) is 16.1. The van der Waals surface area contributed by atoms with Crippen molar-refractivity contribution < 1.29 is 19.2 Å². The van der Waals surface area contributed by atoms with Crippen molar-refractivity contribution in [2.24, 2.45) is 17.2 Å². The fraction of sp³-hybridized carbons (Fsp3) is 0.810. The Kier molecular flexibility index (Phi) is 16.3. The van der Waals surface area contributed by atoms with E-state index in [9.17, 15) is 19.2 Å². The van der Waals surface area contributed by atoms with Crippen LogP contribution in [-0.4, -0.2) is 122 Å². The van der Waals surface area contributed by atoms with Gasteiger partial charge in [0, 0.05) is 26.2 Å². The minimum atomic E-state index is -0.411. The Balaban J connectivity index is 0.00000466. The third kappa shape index (κ3) is 15.7. The Morgan fingerprint density at radius 2 is 0.781 bits per heavy atom. The van der Waals surface area contributed by atoms with E-state index < -0.39 is 17.7 Å². The van der Waals surface area contributed by atoms with Crippen molar-refractivity contribution in [1.29, 1.82) is 0 Å². The Bertz CT molecular complexity index is 490. The summed E-state index contributed by atoms with van der Waals surface area (Å²) in [6, 6.07) is 0. The fourth-order valence-electron chi connectivity index (χ4n) is 3.66. The predicted octanol–water partition coefficient (Wildman–Crippen LogP) is -1.94. The molecule has 1 aliphatic rings. The molecule has 1 rings (SSSR count). The lowest BCUT2D eigenvalue weighted by Gasteiger charge is -2.30. The lowest BCUT2D eigenvalue weighted by Crippen LogP contribution is -2.46. The summed E-state index contributed by atoms with van der Waals surface area (Å²) in [4.78, 5) is 53.9. The van der Waals surface area contributed by atoms with Gasteiger partial charge in [-0.05, 0) is 45.9 Å². The summed E-state index contributed by atoms with van der Waals surface area (Å²) in [6.45, 7) is 11.3. The molecule has 11 nitrogen and oxygen atoms in total. The molecule has 0 radical (unpaired) electrons. The number of ketones is 1. The van der Waals surface area contributed by atoms with Crippen LogP contribution >= 0.6 is 0 Å². The maximum Gasteiger partial charge on any atom is 0.231 e. The highest BCUT2D eigenvalue weighted by atomic mass is 16.2. The molecule has 0 bridgehead atoms. The minimum Gasteiger partial charge on any atom is -0.369 e. The van der Waals surface area contributed by atoms with E-state index in [-0.39, 0.29) is 25.4 Å². The van der Waals surface area contributed by atoms with Crippen LogP contribution in [-0.2, 0) is 19.2 Å². The van der Waals surface area contributed by atoms with Crippen LogP contribution in [0, 0.1) is 0 Å². The molecule has 1 heterocycles. The second-order valence-electron chi connectivity index (χ2n) is 7.91. The maximum absolute atomic E-state index is 11.6. The number of carbonyl (C=O) groups excluding carboxylic acids is 4. The molecular weight excluding hydrogens is 414 g/mol. The van der Waals surface area contributed by atoms with E-state index >= 15 is 0 Å². The van der Waals surface area contributed by atoms with Gasteiger partial charge in [-0.1, -0.05) is 13.8 Å². The van der Waals surface area contributed by atoms with Crippen molar-refractivity contribution in [1.82, 2.24) is 19.6 Å². The summed E-state index contributed by atoms with van der Waals surface area (Å²) in [5.74, 6) is -1.13. The van der Waals surface area contributed by atoms with Gasteiger partial charge in [0.25, 0.3) is 0 Å². The first kappa shape index (κ1) is 29.9. The van der Waals surface area contributed by atoms with Crippen LogP contribution < -0.4 is 17.2 Å². The van der Waals surface area contributed by atoms with Gasteiger partial charge < -0.3 is 17.2 Å². The van der Waals surface area contributed by atoms with Gasteiger partial charge in [0.1, 0.15) is 5.78 Å². The summed E-state index contributed by atoms with van der Waals surface area (Å²) in [5, 5.41) is 0. The maximum atomic E-state index is 11.6. The molecule has 1 saturated heterocycles. The predicted molar refractivity (Wildman–Crippen MR) is 125 cm³/mol. The third-order valence-electron chi connectivity index (χ3n) is 4.95. The molecule has 1 aliphatic heterocycles. The smallest absolute Gasteiger partial charge is 0.231 e. The largest absolute Gasteiger partial charge is 0.369 e. The molecule has 186 valence electrons. The Labute approximate surface area is 192 Å². The molecular formula is C21H43N7O4. The number of rotatable bonds is 8. The average molecular weight is 458 g/mol. The standard InChI is InChI=1S/C19H37N7O4.C2H6/c1-16(27)12-23-4-2-5-25(14-18(21)29)10-11-26(15-19(22)30)7-3-6-24(9-8-23)13-17(20)28;1-2/h2-15H2,1H3,(H2,20,28)(H2,21,29)(H2,22,30);1-2H3. The first-order chi connectivity index (χ1) is 15.2. The van der Waals surface area contributed by atoms with Crippen LogP contribution in [0.2, 0.25) is 0 Å². The van der Waals surface area contributed by atoms with E-state index in [1.54, 1.807) is 6.92 Å². The van der Waals surface area contributed by atoms with Crippen LogP contribution in [0.25, 0.3) is 0 Å². The van der Waals surface area contributed by atoms with E-state index in [0.717, 1.165) is 12.8 Å². The fourth-order valence-corrected chi connectivity index (χ4v) is 3.66. The Hall–Kier alpha value is -2.08. The molecule has 32 heavy (non-hydrogen) atoms. The van der Waals surface area contributed by atoms with E-state index in [0.29, 0.717) is 58.9 Å². The molecule has 0 aromatic heterocycles. The molecule has 0 unspecified atom stereocenters. The SMILES string of the molecule is CC.CC(=O)CN1CCCN(CC(N)=O)CCN(CC(N)=O)CCCN(CC(N)=O)CC1. The Morgan fingerprint density at radius 1 is 0.531 bits per heavy atom. The van der Waals surface area contributed by atoms with Crippen LogP contribution in [0.15, 0.2) is 0 Å². The van der Waals surface area contributed by atoms with E-state index in [1.807, 2.05) is 28.5 Å². The number of nitrogens with two attached hydrogens (primary N) is 3. The van der Waals surface area contributed by atoms with Crippen molar-refractivity contribution in [3.05, 3.63) is 0 Å². The van der Waals surface area contributed by atoms with Crippen molar-refractivity contribution in [3.8, 4) is 0 Å². The normalized spacial score (nSPS) is 18.7. The minimum absolute atomic E-state index is 0.0775. The van der Waals surface area contributed by atoms with Crippen molar-refractivity contribution >= 4 is 23.5 Å². The molecule has 3 amide bonds. The lowest BCUT2D eigenvalue weighted by atomic mass is 10.2. The Morgan fingerprint density at radius 3 is 1.00 bits per heavy atom. The number of primary amides is 3. The molecule has 0 saturated carbocycles. The van der Waals surface area contributed by atoms with Crippen LogP contribution in [0.4, 0.5) is 0 Å². The first-order valence-corrected chi connectivity index (χ1v) is 11.4. The lowest BCUT2D eigenvalue weighted by molar-refractivity contribution is -0.121. The number of Topliss-reactive ketones (excluding diaryl/α,β-unsaturated/α-hetero) is 1. The van der Waals surface area contributed by atoms with Crippen LogP contribution in [0.1, 0.15) is 33.6 Å².